The van der Waals surface area contributed by atoms with Gasteiger partial charge in [0, 0.05) is 24.5 Å². The number of hydrogen-bond acceptors (Lipinski definition) is 7. The van der Waals surface area contributed by atoms with Crippen molar-refractivity contribution in [2.24, 2.45) is 0 Å². The van der Waals surface area contributed by atoms with Crippen LogP contribution in [0.5, 0.6) is 11.5 Å². The Morgan fingerprint density at radius 1 is 1.14 bits per heavy atom. The number of ether oxygens (including phenoxy) is 3. The fraction of sp³-hybridized carbons (Fsp3) is 0.250. The summed E-state index contributed by atoms with van der Waals surface area (Å²) in [5, 5.41) is 9.75. The number of nitriles is 1. The molecule has 0 aliphatic carbocycles. The summed E-state index contributed by atoms with van der Waals surface area (Å²) >= 11 is 0. The number of methoxy groups -OCH3 is 1. The molecular weight excluding hydrogens is 463 g/mol. The van der Waals surface area contributed by atoms with Gasteiger partial charge < -0.3 is 18.6 Å². The number of nitrogens with zero attached hydrogens (tertiary/aromatic N) is 2. The first-order valence-electron chi connectivity index (χ1n) is 11.5. The van der Waals surface area contributed by atoms with E-state index in [1.165, 1.54) is 14.0 Å². The first-order valence-corrected chi connectivity index (χ1v) is 11.5. The molecule has 0 saturated carbocycles. The molecule has 2 aromatic heterocycles. The van der Waals surface area contributed by atoms with Crippen molar-refractivity contribution in [2.45, 2.75) is 25.9 Å². The Labute approximate surface area is 207 Å². The van der Waals surface area contributed by atoms with Gasteiger partial charge in [-0.3, -0.25) is 4.79 Å². The Hall–Kier alpha value is -4.22. The zero-order valence-electron chi connectivity index (χ0n) is 19.8. The fourth-order valence-electron chi connectivity index (χ4n) is 4.32. The van der Waals surface area contributed by atoms with E-state index >= 15 is 4.39 Å². The van der Waals surface area contributed by atoms with Gasteiger partial charge in [0.1, 0.15) is 34.9 Å². The van der Waals surface area contributed by atoms with Crippen molar-refractivity contribution in [3.63, 3.8) is 0 Å². The predicted octanol–water partition coefficient (Wildman–Crippen LogP) is 5.94. The van der Waals surface area contributed by atoms with Crippen LogP contribution in [0.25, 0.3) is 33.6 Å². The number of halogens is 1. The summed E-state index contributed by atoms with van der Waals surface area (Å²) in [6.07, 6.45) is 2.60. The molecular formula is C28H23FN2O5. The molecule has 1 saturated heterocycles. The second-order valence-electron chi connectivity index (χ2n) is 8.53. The number of ketones is 1. The van der Waals surface area contributed by atoms with Crippen molar-refractivity contribution in [1.82, 2.24) is 4.98 Å². The molecule has 8 heteroatoms. The van der Waals surface area contributed by atoms with Gasteiger partial charge in [-0.15, -0.1) is 0 Å². The van der Waals surface area contributed by atoms with Crippen molar-refractivity contribution >= 4 is 16.9 Å². The highest BCUT2D eigenvalue weighted by atomic mass is 19.1. The molecule has 4 aromatic rings. The molecule has 1 aliphatic heterocycles. The molecule has 2 aromatic carbocycles. The third kappa shape index (κ3) is 4.41. The average molecular weight is 486 g/mol. The summed E-state index contributed by atoms with van der Waals surface area (Å²) < 4.78 is 38.1. The minimum Gasteiger partial charge on any atom is -0.496 e. The van der Waals surface area contributed by atoms with Gasteiger partial charge in [0.15, 0.2) is 17.2 Å². The quantitative estimate of drug-likeness (QED) is 0.311. The molecule has 36 heavy (non-hydrogen) atoms. The number of carbonyl (C=O) groups excluding carboxylic acids is 1. The summed E-state index contributed by atoms with van der Waals surface area (Å²) in [5.74, 6) is 0.646. The van der Waals surface area contributed by atoms with E-state index in [4.69, 9.17) is 18.6 Å². The van der Waals surface area contributed by atoms with Crippen LogP contribution in [0.3, 0.4) is 0 Å². The molecule has 0 radical (unpaired) electrons. The SMILES string of the molecule is COc1cc(C(C)=O)ccc1-c1cc2ncc(F)c(-c3ccc(OC4CCOCC4)c(C#N)c3)c2o1. The van der Waals surface area contributed by atoms with Gasteiger partial charge in [-0.05, 0) is 36.8 Å². The molecule has 0 spiro atoms. The third-order valence-electron chi connectivity index (χ3n) is 6.22. The van der Waals surface area contributed by atoms with E-state index in [2.05, 4.69) is 11.1 Å². The minimum atomic E-state index is -0.579. The van der Waals surface area contributed by atoms with Crippen LogP contribution in [0, 0.1) is 17.1 Å². The standard InChI is InChI=1S/C28H23FN2O5/c1-16(32)17-3-5-21(25(12-17)33-2)26-13-23-28(36-26)27(22(29)15-31-23)18-4-6-24(19(11-18)14-30)35-20-7-9-34-10-8-20/h3-6,11-13,15,20H,7-10H2,1-2H3. The van der Waals surface area contributed by atoms with Crippen molar-refractivity contribution in [1.29, 1.82) is 5.26 Å². The van der Waals surface area contributed by atoms with Crippen LogP contribution >= 0.6 is 0 Å². The van der Waals surface area contributed by atoms with Crippen molar-refractivity contribution in [3.8, 4) is 40.0 Å². The lowest BCUT2D eigenvalue weighted by molar-refractivity contribution is 0.0254. The number of fused-ring (bicyclic) bond motifs is 1. The summed E-state index contributed by atoms with van der Waals surface area (Å²) in [5.41, 5.74) is 2.75. The molecule has 0 amide bonds. The maximum absolute atomic E-state index is 15.1. The molecule has 0 N–H and O–H groups in total. The maximum Gasteiger partial charge on any atom is 0.164 e. The molecule has 0 unspecified atom stereocenters. The zero-order valence-corrected chi connectivity index (χ0v) is 19.8. The average Bonchev–Trinajstić information content (AvgIpc) is 3.33. The molecule has 0 atom stereocenters. The summed E-state index contributed by atoms with van der Waals surface area (Å²) in [6, 6.07) is 13.9. The normalized spacial score (nSPS) is 13.9. The molecule has 7 nitrogen and oxygen atoms in total. The Balaban J connectivity index is 1.57. The summed E-state index contributed by atoms with van der Waals surface area (Å²) in [6.45, 7) is 2.71. The van der Waals surface area contributed by atoms with E-state index < -0.39 is 5.82 Å². The third-order valence-corrected chi connectivity index (χ3v) is 6.22. The minimum absolute atomic E-state index is 0.0296. The van der Waals surface area contributed by atoms with Crippen LogP contribution in [-0.4, -0.2) is 37.2 Å². The molecule has 1 fully saturated rings. The lowest BCUT2D eigenvalue weighted by atomic mass is 10.0. The molecule has 182 valence electrons. The number of hydrogen-bond donors (Lipinski definition) is 0. The Morgan fingerprint density at radius 3 is 2.67 bits per heavy atom. The van der Waals surface area contributed by atoms with Crippen LogP contribution in [0.4, 0.5) is 4.39 Å². The van der Waals surface area contributed by atoms with Crippen LogP contribution in [0.15, 0.2) is 53.1 Å². The van der Waals surface area contributed by atoms with E-state index in [0.29, 0.717) is 58.2 Å². The predicted molar refractivity (Wildman–Crippen MR) is 131 cm³/mol. The Kier molecular flexibility index (Phi) is 6.40. The lowest BCUT2D eigenvalue weighted by Crippen LogP contribution is -2.26. The fourth-order valence-corrected chi connectivity index (χ4v) is 4.32. The molecule has 0 bridgehead atoms. The summed E-state index contributed by atoms with van der Waals surface area (Å²) in [4.78, 5) is 15.9. The maximum atomic E-state index is 15.1. The number of benzene rings is 2. The van der Waals surface area contributed by atoms with E-state index in [0.717, 1.165) is 19.0 Å². The number of furan rings is 1. The first-order chi connectivity index (χ1) is 17.5. The number of carbonyl (C=O) groups is 1. The van der Waals surface area contributed by atoms with Crippen LogP contribution < -0.4 is 9.47 Å². The highest BCUT2D eigenvalue weighted by Gasteiger charge is 2.22. The van der Waals surface area contributed by atoms with Gasteiger partial charge in [0.05, 0.1) is 43.2 Å². The van der Waals surface area contributed by atoms with Crippen LogP contribution in [-0.2, 0) is 4.74 Å². The van der Waals surface area contributed by atoms with Crippen molar-refractivity contribution < 1.29 is 27.8 Å². The molecule has 3 heterocycles. The Morgan fingerprint density at radius 2 is 1.94 bits per heavy atom. The largest absolute Gasteiger partial charge is 0.496 e. The molecule has 5 rings (SSSR count). The topological polar surface area (TPSA) is 94.6 Å². The van der Waals surface area contributed by atoms with E-state index in [1.807, 2.05) is 0 Å². The van der Waals surface area contributed by atoms with E-state index in [1.54, 1.807) is 42.5 Å². The van der Waals surface area contributed by atoms with E-state index in [-0.39, 0.29) is 23.0 Å². The van der Waals surface area contributed by atoms with Gasteiger partial charge in [-0.2, -0.15) is 5.26 Å². The number of Topliss-reactive ketones (excluding diaryl/α,β-unsaturated/α-hetero) is 1. The van der Waals surface area contributed by atoms with Crippen LogP contribution in [0.1, 0.15) is 35.7 Å². The zero-order chi connectivity index (χ0) is 25.2. The van der Waals surface area contributed by atoms with Crippen LogP contribution in [0.2, 0.25) is 0 Å². The monoisotopic (exact) mass is 486 g/mol. The van der Waals surface area contributed by atoms with Gasteiger partial charge in [-0.25, -0.2) is 9.37 Å². The highest BCUT2D eigenvalue weighted by molar-refractivity contribution is 5.96. The van der Waals surface area contributed by atoms with Crippen molar-refractivity contribution in [3.05, 3.63) is 65.6 Å². The van der Waals surface area contributed by atoms with Gasteiger partial charge in [-0.1, -0.05) is 12.1 Å². The van der Waals surface area contributed by atoms with E-state index in [9.17, 15) is 10.1 Å². The van der Waals surface area contributed by atoms with Gasteiger partial charge >= 0.3 is 0 Å². The van der Waals surface area contributed by atoms with Gasteiger partial charge in [0.2, 0.25) is 0 Å². The van der Waals surface area contributed by atoms with Crippen molar-refractivity contribution in [2.75, 3.05) is 20.3 Å². The second-order valence-corrected chi connectivity index (χ2v) is 8.53. The summed E-state index contributed by atoms with van der Waals surface area (Å²) in [7, 11) is 1.50. The van der Waals surface area contributed by atoms with Gasteiger partial charge in [0.25, 0.3) is 0 Å². The lowest BCUT2D eigenvalue weighted by Gasteiger charge is -2.23. The molecule has 1 aliphatic rings. The number of pyridine rings is 1. The Bertz CT molecular complexity index is 1500. The smallest absolute Gasteiger partial charge is 0.164 e. The highest BCUT2D eigenvalue weighted by Crippen LogP contribution is 2.39. The second kappa shape index (κ2) is 9.80. The number of aromatic nitrogens is 1. The number of rotatable bonds is 6. The first kappa shape index (κ1) is 23.5.